The fraction of sp³-hybridized carbons (Fsp3) is 0.429. The number of rotatable bonds is 4. The summed E-state index contributed by atoms with van der Waals surface area (Å²) in [6.07, 6.45) is 9.04. The molecule has 2 aromatic heterocycles. The molecular weight excluding hydrogens is 242 g/mol. The topological polar surface area (TPSA) is 37.8 Å². The molecule has 0 aromatic carbocycles. The molecule has 0 fully saturated rings. The van der Waals surface area contributed by atoms with Crippen LogP contribution < -0.4 is 5.32 Å². The van der Waals surface area contributed by atoms with Gasteiger partial charge < -0.3 is 5.32 Å². The standard InChI is InChI=1S/C14H17N3S/c1-10-8-18-13-12(10)16-9-17-14(13)15-7-6-11-4-2-3-5-11/h4,8-9H,2-3,5-7H2,1H3,(H,15,16,17). The van der Waals surface area contributed by atoms with Gasteiger partial charge in [-0.2, -0.15) is 0 Å². The minimum atomic E-state index is 0.967. The summed E-state index contributed by atoms with van der Waals surface area (Å²) < 4.78 is 1.18. The van der Waals surface area contributed by atoms with Crippen molar-refractivity contribution in [3.05, 3.63) is 28.9 Å². The third-order valence-electron chi connectivity index (χ3n) is 3.40. The molecule has 3 nitrogen and oxygen atoms in total. The summed E-state index contributed by atoms with van der Waals surface area (Å²) in [5.41, 5.74) is 3.91. The van der Waals surface area contributed by atoms with E-state index in [-0.39, 0.29) is 0 Å². The van der Waals surface area contributed by atoms with Crippen molar-refractivity contribution in [2.45, 2.75) is 32.6 Å². The fourth-order valence-electron chi connectivity index (χ4n) is 2.40. The molecule has 0 aliphatic heterocycles. The molecule has 94 valence electrons. The van der Waals surface area contributed by atoms with Gasteiger partial charge in [-0.05, 0) is 43.6 Å². The minimum absolute atomic E-state index is 0.967. The van der Waals surface area contributed by atoms with Crippen molar-refractivity contribution >= 4 is 27.4 Å². The lowest BCUT2D eigenvalue weighted by molar-refractivity contribution is 0.862. The van der Waals surface area contributed by atoms with Gasteiger partial charge >= 0.3 is 0 Å². The normalized spacial score (nSPS) is 15.1. The zero-order valence-corrected chi connectivity index (χ0v) is 11.4. The summed E-state index contributed by atoms with van der Waals surface area (Å²) in [6.45, 7) is 3.06. The monoisotopic (exact) mass is 259 g/mol. The molecule has 0 saturated heterocycles. The van der Waals surface area contributed by atoms with Gasteiger partial charge in [0.15, 0.2) is 0 Å². The van der Waals surface area contributed by atoms with E-state index in [0.717, 1.165) is 24.3 Å². The van der Waals surface area contributed by atoms with E-state index in [1.807, 2.05) is 0 Å². The van der Waals surface area contributed by atoms with E-state index < -0.39 is 0 Å². The van der Waals surface area contributed by atoms with Crippen LogP contribution in [-0.2, 0) is 0 Å². The molecule has 0 bridgehead atoms. The van der Waals surface area contributed by atoms with E-state index in [9.17, 15) is 0 Å². The average molecular weight is 259 g/mol. The molecule has 0 radical (unpaired) electrons. The van der Waals surface area contributed by atoms with Crippen molar-refractivity contribution in [3.8, 4) is 0 Å². The van der Waals surface area contributed by atoms with Crippen molar-refractivity contribution in [1.29, 1.82) is 0 Å². The molecule has 3 rings (SSSR count). The number of aromatic nitrogens is 2. The predicted octanol–water partition coefficient (Wildman–Crippen LogP) is 3.91. The zero-order valence-electron chi connectivity index (χ0n) is 10.6. The van der Waals surface area contributed by atoms with Gasteiger partial charge in [0, 0.05) is 6.54 Å². The van der Waals surface area contributed by atoms with Gasteiger partial charge in [-0.25, -0.2) is 9.97 Å². The minimum Gasteiger partial charge on any atom is -0.368 e. The Morgan fingerprint density at radius 1 is 1.39 bits per heavy atom. The highest BCUT2D eigenvalue weighted by Gasteiger charge is 2.08. The summed E-state index contributed by atoms with van der Waals surface area (Å²) in [4.78, 5) is 8.69. The van der Waals surface area contributed by atoms with E-state index in [0.29, 0.717) is 0 Å². The third-order valence-corrected chi connectivity index (χ3v) is 4.50. The molecule has 0 atom stereocenters. The average Bonchev–Trinajstić information content (AvgIpc) is 3.01. The van der Waals surface area contributed by atoms with Crippen molar-refractivity contribution in [2.24, 2.45) is 0 Å². The Morgan fingerprint density at radius 2 is 2.33 bits per heavy atom. The Labute approximate surface area is 111 Å². The van der Waals surface area contributed by atoms with Crippen LogP contribution in [0, 0.1) is 6.92 Å². The van der Waals surface area contributed by atoms with Crippen LogP contribution in [0.4, 0.5) is 5.82 Å². The van der Waals surface area contributed by atoms with Gasteiger partial charge in [0.1, 0.15) is 12.1 Å². The van der Waals surface area contributed by atoms with E-state index in [1.165, 1.54) is 29.5 Å². The van der Waals surface area contributed by atoms with Gasteiger partial charge in [-0.3, -0.25) is 0 Å². The molecule has 18 heavy (non-hydrogen) atoms. The van der Waals surface area contributed by atoms with Gasteiger partial charge in [-0.1, -0.05) is 11.6 Å². The fourth-order valence-corrected chi connectivity index (χ4v) is 3.37. The lowest BCUT2D eigenvalue weighted by atomic mass is 10.2. The van der Waals surface area contributed by atoms with E-state index >= 15 is 0 Å². The first-order valence-corrected chi connectivity index (χ1v) is 7.33. The smallest absolute Gasteiger partial charge is 0.147 e. The van der Waals surface area contributed by atoms with Crippen LogP contribution in [-0.4, -0.2) is 16.5 Å². The molecule has 1 aliphatic carbocycles. The number of fused-ring (bicyclic) bond motifs is 1. The maximum Gasteiger partial charge on any atom is 0.147 e. The molecule has 1 aliphatic rings. The highest BCUT2D eigenvalue weighted by atomic mass is 32.1. The quantitative estimate of drug-likeness (QED) is 0.846. The maximum absolute atomic E-state index is 4.35. The number of anilines is 1. The second kappa shape index (κ2) is 5.06. The van der Waals surface area contributed by atoms with Gasteiger partial charge in [0.2, 0.25) is 0 Å². The van der Waals surface area contributed by atoms with Crippen LogP contribution >= 0.6 is 11.3 Å². The zero-order chi connectivity index (χ0) is 12.4. The second-order valence-electron chi connectivity index (χ2n) is 4.75. The first-order chi connectivity index (χ1) is 8.84. The molecule has 4 heteroatoms. The lowest BCUT2D eigenvalue weighted by Gasteiger charge is -2.06. The van der Waals surface area contributed by atoms with Crippen molar-refractivity contribution in [1.82, 2.24) is 9.97 Å². The molecule has 0 spiro atoms. The lowest BCUT2D eigenvalue weighted by Crippen LogP contribution is -2.04. The van der Waals surface area contributed by atoms with Gasteiger partial charge in [-0.15, -0.1) is 11.3 Å². The maximum atomic E-state index is 4.35. The van der Waals surface area contributed by atoms with Crippen LogP contribution in [0.2, 0.25) is 0 Å². The van der Waals surface area contributed by atoms with Crippen LogP contribution in [0.5, 0.6) is 0 Å². The SMILES string of the molecule is Cc1csc2c(NCCC3=CCCC3)ncnc12. The molecule has 1 N–H and O–H groups in total. The van der Waals surface area contributed by atoms with Crippen LogP contribution in [0.15, 0.2) is 23.4 Å². The molecule has 0 unspecified atom stereocenters. The Morgan fingerprint density at radius 3 is 3.17 bits per heavy atom. The highest BCUT2D eigenvalue weighted by Crippen LogP contribution is 2.28. The van der Waals surface area contributed by atoms with Gasteiger partial charge in [0.05, 0.1) is 10.2 Å². The summed E-state index contributed by atoms with van der Waals surface area (Å²) in [6, 6.07) is 0. The summed E-state index contributed by atoms with van der Waals surface area (Å²) in [7, 11) is 0. The number of aryl methyl sites for hydroxylation is 1. The molecular formula is C14H17N3S. The number of nitrogens with one attached hydrogen (secondary N) is 1. The second-order valence-corrected chi connectivity index (χ2v) is 5.63. The van der Waals surface area contributed by atoms with Crippen LogP contribution in [0.3, 0.4) is 0 Å². The number of nitrogens with zero attached hydrogens (tertiary/aromatic N) is 2. The number of allylic oxidation sites excluding steroid dienone is 1. The number of hydrogen-bond acceptors (Lipinski definition) is 4. The van der Waals surface area contributed by atoms with E-state index in [1.54, 1.807) is 23.2 Å². The number of thiophene rings is 1. The van der Waals surface area contributed by atoms with Crippen LogP contribution in [0.1, 0.15) is 31.2 Å². The van der Waals surface area contributed by atoms with Crippen molar-refractivity contribution in [3.63, 3.8) is 0 Å². The van der Waals surface area contributed by atoms with Crippen molar-refractivity contribution < 1.29 is 0 Å². The van der Waals surface area contributed by atoms with Crippen LogP contribution in [0.25, 0.3) is 10.2 Å². The summed E-state index contributed by atoms with van der Waals surface area (Å²) in [5, 5.41) is 5.59. The van der Waals surface area contributed by atoms with E-state index in [2.05, 4.69) is 33.7 Å². The summed E-state index contributed by atoms with van der Waals surface area (Å²) in [5.74, 6) is 0.983. The molecule has 2 aromatic rings. The first-order valence-electron chi connectivity index (χ1n) is 6.45. The third kappa shape index (κ3) is 2.25. The largest absolute Gasteiger partial charge is 0.368 e. The molecule has 0 saturated carbocycles. The van der Waals surface area contributed by atoms with E-state index in [4.69, 9.17) is 0 Å². The highest BCUT2D eigenvalue weighted by molar-refractivity contribution is 7.18. The first kappa shape index (κ1) is 11.7. The predicted molar refractivity (Wildman–Crippen MR) is 77.2 cm³/mol. The Hall–Kier alpha value is -1.42. The van der Waals surface area contributed by atoms with Gasteiger partial charge in [0.25, 0.3) is 0 Å². The molecule has 2 heterocycles. The van der Waals surface area contributed by atoms with Crippen molar-refractivity contribution in [2.75, 3.05) is 11.9 Å². The Balaban J connectivity index is 1.70. The number of hydrogen-bond donors (Lipinski definition) is 1. The Bertz CT molecular complexity index is 586. The Kier molecular flexibility index (Phi) is 3.28. The molecule has 0 amide bonds. The summed E-state index contributed by atoms with van der Waals surface area (Å²) >= 11 is 1.72.